The summed E-state index contributed by atoms with van der Waals surface area (Å²) in [6.45, 7) is 6.60. The van der Waals surface area contributed by atoms with Gasteiger partial charge in [0, 0.05) is 36.8 Å². The third-order valence-electron chi connectivity index (χ3n) is 2.96. The molecule has 0 aliphatic carbocycles. The monoisotopic (exact) mass is 450 g/mol. The van der Waals surface area contributed by atoms with Crippen LogP contribution in [0.5, 0.6) is 0 Å². The molecule has 0 aliphatic heterocycles. The molecule has 2 rings (SSSR count). The van der Waals surface area contributed by atoms with Gasteiger partial charge < -0.3 is 10.2 Å². The van der Waals surface area contributed by atoms with Crippen molar-refractivity contribution in [1.29, 1.82) is 0 Å². The van der Waals surface area contributed by atoms with Gasteiger partial charge in [0.2, 0.25) is 0 Å². The molecule has 0 radical (unpaired) electrons. The Labute approximate surface area is 157 Å². The Hall–Kier alpha value is -0.670. The number of rotatable bonds is 6. The average molecular weight is 450 g/mol. The van der Waals surface area contributed by atoms with E-state index in [4.69, 9.17) is 4.99 Å². The number of hydrogen-bond donors (Lipinski definition) is 1. The van der Waals surface area contributed by atoms with E-state index in [1.807, 2.05) is 6.92 Å². The number of hydrogen-bond acceptors (Lipinski definition) is 4. The van der Waals surface area contributed by atoms with E-state index in [1.165, 1.54) is 4.88 Å². The molecule has 0 aromatic carbocycles. The van der Waals surface area contributed by atoms with E-state index in [1.54, 1.807) is 22.7 Å². The van der Waals surface area contributed by atoms with E-state index in [-0.39, 0.29) is 24.0 Å². The molecule has 0 bridgehead atoms. The fraction of sp³-hybridized carbons (Fsp3) is 0.467. The van der Waals surface area contributed by atoms with Crippen LogP contribution in [0.4, 0.5) is 0 Å². The standard InChI is InChI=1S/C15H22N4S2.HI/c1-4-16-15(17-8-7-14-6-5-9-20-14)19(3)10-13-11-21-12(2)18-13;/h5-6,9,11H,4,7-8,10H2,1-3H3,(H,16,17);1H. The van der Waals surface area contributed by atoms with Gasteiger partial charge in [0.05, 0.1) is 17.2 Å². The van der Waals surface area contributed by atoms with Crippen molar-refractivity contribution in [3.05, 3.63) is 38.5 Å². The van der Waals surface area contributed by atoms with E-state index in [0.717, 1.165) is 42.7 Å². The van der Waals surface area contributed by atoms with Crippen LogP contribution in [0.2, 0.25) is 0 Å². The second kappa shape index (κ2) is 10.2. The lowest BCUT2D eigenvalue weighted by molar-refractivity contribution is 0.471. The van der Waals surface area contributed by atoms with Crippen LogP contribution in [0.3, 0.4) is 0 Å². The number of halogens is 1. The van der Waals surface area contributed by atoms with Crippen molar-refractivity contribution in [1.82, 2.24) is 15.2 Å². The van der Waals surface area contributed by atoms with Crippen LogP contribution in [0.25, 0.3) is 0 Å². The zero-order valence-electron chi connectivity index (χ0n) is 13.2. The molecular formula is C15H23IN4S2. The Bertz CT molecular complexity index is 566. The molecule has 0 saturated heterocycles. The summed E-state index contributed by atoms with van der Waals surface area (Å²) in [5.74, 6) is 0.944. The lowest BCUT2D eigenvalue weighted by Gasteiger charge is -2.21. The van der Waals surface area contributed by atoms with Gasteiger partial charge in [0.25, 0.3) is 0 Å². The predicted octanol–water partition coefficient (Wildman–Crippen LogP) is 3.77. The Morgan fingerprint density at radius 3 is 2.82 bits per heavy atom. The van der Waals surface area contributed by atoms with Crippen molar-refractivity contribution in [2.75, 3.05) is 20.1 Å². The van der Waals surface area contributed by atoms with Gasteiger partial charge in [-0.2, -0.15) is 0 Å². The molecular weight excluding hydrogens is 427 g/mol. The van der Waals surface area contributed by atoms with Crippen LogP contribution in [0.15, 0.2) is 27.9 Å². The van der Waals surface area contributed by atoms with Crippen LogP contribution < -0.4 is 5.32 Å². The maximum absolute atomic E-state index is 4.70. The molecule has 0 aliphatic rings. The molecule has 0 fully saturated rings. The molecule has 0 amide bonds. The summed E-state index contributed by atoms with van der Waals surface area (Å²) in [5.41, 5.74) is 1.10. The van der Waals surface area contributed by atoms with E-state index in [0.29, 0.717) is 0 Å². The van der Waals surface area contributed by atoms with Crippen LogP contribution in [0, 0.1) is 6.92 Å². The van der Waals surface area contributed by atoms with E-state index in [9.17, 15) is 0 Å². The third-order valence-corrected chi connectivity index (χ3v) is 4.72. The zero-order chi connectivity index (χ0) is 15.1. The van der Waals surface area contributed by atoms with Gasteiger partial charge in [-0.05, 0) is 25.3 Å². The number of nitrogens with zero attached hydrogens (tertiary/aromatic N) is 3. The summed E-state index contributed by atoms with van der Waals surface area (Å²) in [5, 5.41) is 8.68. The van der Waals surface area contributed by atoms with Crippen LogP contribution in [-0.2, 0) is 13.0 Å². The topological polar surface area (TPSA) is 40.5 Å². The maximum atomic E-state index is 4.70. The first kappa shape index (κ1) is 19.4. The molecule has 22 heavy (non-hydrogen) atoms. The third kappa shape index (κ3) is 6.21. The normalized spacial score (nSPS) is 11.1. The molecule has 0 atom stereocenters. The Morgan fingerprint density at radius 2 is 2.23 bits per heavy atom. The minimum Gasteiger partial charge on any atom is -0.357 e. The molecule has 122 valence electrons. The fourth-order valence-electron chi connectivity index (χ4n) is 2.00. The largest absolute Gasteiger partial charge is 0.357 e. The van der Waals surface area contributed by atoms with E-state index >= 15 is 0 Å². The van der Waals surface area contributed by atoms with Crippen molar-refractivity contribution in [3.8, 4) is 0 Å². The van der Waals surface area contributed by atoms with Gasteiger partial charge in [-0.1, -0.05) is 6.07 Å². The maximum Gasteiger partial charge on any atom is 0.194 e. The first-order chi connectivity index (χ1) is 10.2. The Morgan fingerprint density at radius 1 is 1.41 bits per heavy atom. The molecule has 0 spiro atoms. The van der Waals surface area contributed by atoms with Crippen LogP contribution in [-0.4, -0.2) is 36.0 Å². The molecule has 2 aromatic rings. The first-order valence-corrected chi connectivity index (χ1v) is 8.87. The molecule has 0 saturated carbocycles. The summed E-state index contributed by atoms with van der Waals surface area (Å²) in [4.78, 5) is 12.7. The summed E-state index contributed by atoms with van der Waals surface area (Å²) in [6.07, 6.45) is 0.996. The van der Waals surface area contributed by atoms with Gasteiger partial charge >= 0.3 is 0 Å². The predicted molar refractivity (Wildman–Crippen MR) is 108 cm³/mol. The van der Waals surface area contributed by atoms with Crippen LogP contribution in [0.1, 0.15) is 22.5 Å². The quantitative estimate of drug-likeness (QED) is 0.414. The second-order valence-corrected chi connectivity index (χ2v) is 6.87. The average Bonchev–Trinajstić information content (AvgIpc) is 3.10. The van der Waals surface area contributed by atoms with Gasteiger partial charge in [-0.25, -0.2) is 4.98 Å². The Kier molecular flexibility index (Phi) is 8.96. The minimum atomic E-state index is 0. The van der Waals surface area contributed by atoms with Gasteiger partial charge in [-0.15, -0.1) is 46.7 Å². The summed E-state index contributed by atoms with van der Waals surface area (Å²) in [7, 11) is 2.06. The summed E-state index contributed by atoms with van der Waals surface area (Å²) in [6, 6.07) is 4.25. The minimum absolute atomic E-state index is 0. The van der Waals surface area contributed by atoms with Crippen molar-refractivity contribution in [3.63, 3.8) is 0 Å². The highest BCUT2D eigenvalue weighted by Crippen LogP contribution is 2.11. The summed E-state index contributed by atoms with van der Waals surface area (Å²) < 4.78 is 0. The number of thiophene rings is 1. The van der Waals surface area contributed by atoms with Crippen LogP contribution >= 0.6 is 46.7 Å². The SMILES string of the molecule is CCNC(=NCCc1cccs1)N(C)Cc1csc(C)n1.I. The number of aromatic nitrogens is 1. The van der Waals surface area contributed by atoms with Gasteiger partial charge in [-0.3, -0.25) is 4.99 Å². The van der Waals surface area contributed by atoms with Gasteiger partial charge in [0.15, 0.2) is 5.96 Å². The van der Waals surface area contributed by atoms with E-state index < -0.39 is 0 Å². The smallest absolute Gasteiger partial charge is 0.194 e. The molecule has 0 unspecified atom stereocenters. The van der Waals surface area contributed by atoms with Crippen molar-refractivity contribution in [2.24, 2.45) is 4.99 Å². The molecule has 1 N–H and O–H groups in total. The number of thiazole rings is 1. The van der Waals surface area contributed by atoms with Crippen molar-refractivity contribution < 1.29 is 0 Å². The Balaban J connectivity index is 0.00000242. The molecule has 4 nitrogen and oxygen atoms in total. The fourth-order valence-corrected chi connectivity index (χ4v) is 3.30. The number of guanidine groups is 1. The highest BCUT2D eigenvalue weighted by atomic mass is 127. The number of aryl methyl sites for hydroxylation is 1. The molecule has 7 heteroatoms. The lowest BCUT2D eigenvalue weighted by atomic mass is 10.3. The number of aliphatic imine (C=N–C) groups is 1. The highest BCUT2D eigenvalue weighted by Gasteiger charge is 2.08. The first-order valence-electron chi connectivity index (χ1n) is 7.12. The van der Waals surface area contributed by atoms with Gasteiger partial charge in [0.1, 0.15) is 0 Å². The molecule has 2 aromatic heterocycles. The summed E-state index contributed by atoms with van der Waals surface area (Å²) >= 11 is 3.48. The highest BCUT2D eigenvalue weighted by molar-refractivity contribution is 14.0. The zero-order valence-corrected chi connectivity index (χ0v) is 17.2. The number of nitrogens with one attached hydrogen (secondary N) is 1. The van der Waals surface area contributed by atoms with E-state index in [2.05, 4.69) is 52.1 Å². The van der Waals surface area contributed by atoms with Crippen molar-refractivity contribution in [2.45, 2.75) is 26.8 Å². The molecule has 2 heterocycles. The van der Waals surface area contributed by atoms with Crippen molar-refractivity contribution >= 4 is 52.6 Å². The second-order valence-electron chi connectivity index (χ2n) is 4.78. The lowest BCUT2D eigenvalue weighted by Crippen LogP contribution is -2.38.